The Morgan fingerprint density at radius 2 is 1.87 bits per heavy atom. The number of nitrogens with one attached hydrogen (secondary N) is 1. The first-order valence-corrected chi connectivity index (χ1v) is 5.48. The zero-order valence-electron chi connectivity index (χ0n) is 10.3. The fourth-order valence-electron chi connectivity index (χ4n) is 0.966. The van der Waals surface area contributed by atoms with Gasteiger partial charge in [0, 0.05) is 13.2 Å². The maximum absolute atomic E-state index is 9.55. The summed E-state index contributed by atoms with van der Waals surface area (Å²) in [7, 11) is 0. The lowest BCUT2D eigenvalue weighted by Crippen LogP contribution is -2.35. The van der Waals surface area contributed by atoms with E-state index in [4.69, 9.17) is 9.84 Å². The van der Waals surface area contributed by atoms with Crippen molar-refractivity contribution in [2.45, 2.75) is 39.4 Å². The van der Waals surface area contributed by atoms with Crippen LogP contribution in [0.25, 0.3) is 0 Å². The second-order valence-corrected chi connectivity index (χ2v) is 5.02. The molecule has 0 saturated carbocycles. The van der Waals surface area contributed by atoms with E-state index in [2.05, 4.69) is 5.32 Å². The van der Waals surface area contributed by atoms with E-state index >= 15 is 0 Å². The minimum atomic E-state index is -0.491. The summed E-state index contributed by atoms with van der Waals surface area (Å²) in [5, 5.41) is 21.4. The van der Waals surface area contributed by atoms with Gasteiger partial charge in [0.1, 0.15) is 0 Å². The highest BCUT2D eigenvalue weighted by molar-refractivity contribution is 4.65. The first-order chi connectivity index (χ1) is 6.85. The van der Waals surface area contributed by atoms with E-state index in [9.17, 15) is 5.11 Å². The van der Waals surface area contributed by atoms with Crippen LogP contribution in [0.4, 0.5) is 0 Å². The predicted octanol–water partition coefficient (Wildman–Crippen LogP) is 0.380. The maximum atomic E-state index is 9.55. The van der Waals surface area contributed by atoms with Gasteiger partial charge in [-0.1, -0.05) is 6.92 Å². The summed E-state index contributed by atoms with van der Waals surface area (Å²) in [5.74, 6) is 0.223. The molecular weight excluding hydrogens is 194 g/mol. The van der Waals surface area contributed by atoms with Crippen molar-refractivity contribution in [3.05, 3.63) is 0 Å². The van der Waals surface area contributed by atoms with Crippen LogP contribution in [0, 0.1) is 5.92 Å². The number of rotatable bonds is 7. The molecule has 0 aliphatic carbocycles. The molecule has 0 aromatic heterocycles. The van der Waals surface area contributed by atoms with Gasteiger partial charge in [-0.15, -0.1) is 0 Å². The lowest BCUT2D eigenvalue weighted by Gasteiger charge is -2.22. The topological polar surface area (TPSA) is 61.7 Å². The van der Waals surface area contributed by atoms with Crippen molar-refractivity contribution in [1.29, 1.82) is 0 Å². The molecule has 0 saturated heterocycles. The van der Waals surface area contributed by atoms with E-state index in [1.807, 2.05) is 27.7 Å². The molecule has 2 unspecified atom stereocenters. The molecule has 0 heterocycles. The average molecular weight is 219 g/mol. The molecule has 0 rings (SSSR count). The summed E-state index contributed by atoms with van der Waals surface area (Å²) in [5.41, 5.74) is -0.209. The number of hydrogen-bond donors (Lipinski definition) is 3. The van der Waals surface area contributed by atoms with Gasteiger partial charge in [-0.3, -0.25) is 0 Å². The number of aliphatic hydroxyl groups is 2. The highest BCUT2D eigenvalue weighted by Gasteiger charge is 2.13. The Morgan fingerprint density at radius 1 is 1.27 bits per heavy atom. The number of ether oxygens (including phenoxy) is 1. The second-order valence-electron chi connectivity index (χ2n) is 5.02. The summed E-state index contributed by atoms with van der Waals surface area (Å²) in [4.78, 5) is 0. The summed E-state index contributed by atoms with van der Waals surface area (Å²) in [6.07, 6.45) is -0.491. The highest BCUT2D eigenvalue weighted by Crippen LogP contribution is 2.06. The van der Waals surface area contributed by atoms with Crippen LogP contribution < -0.4 is 5.32 Å². The van der Waals surface area contributed by atoms with Crippen LogP contribution in [-0.2, 0) is 4.74 Å². The zero-order chi connectivity index (χ0) is 11.9. The van der Waals surface area contributed by atoms with Crippen LogP contribution in [0.1, 0.15) is 27.7 Å². The van der Waals surface area contributed by atoms with E-state index in [0.717, 1.165) is 0 Å². The lowest BCUT2D eigenvalue weighted by atomic mass is 10.2. The van der Waals surface area contributed by atoms with Gasteiger partial charge in [-0.25, -0.2) is 0 Å². The third-order valence-corrected chi connectivity index (χ3v) is 1.89. The van der Waals surface area contributed by atoms with E-state index in [-0.39, 0.29) is 18.1 Å². The van der Waals surface area contributed by atoms with Crippen molar-refractivity contribution in [3.63, 3.8) is 0 Å². The lowest BCUT2D eigenvalue weighted by molar-refractivity contribution is -0.0480. The van der Waals surface area contributed by atoms with Gasteiger partial charge < -0.3 is 20.3 Å². The molecule has 2 atom stereocenters. The maximum Gasteiger partial charge on any atom is 0.0897 e. The van der Waals surface area contributed by atoms with Crippen LogP contribution in [0.2, 0.25) is 0 Å². The minimum absolute atomic E-state index is 0.168. The molecular formula is C11H25NO3. The van der Waals surface area contributed by atoms with Crippen molar-refractivity contribution in [3.8, 4) is 0 Å². The van der Waals surface area contributed by atoms with E-state index in [0.29, 0.717) is 19.7 Å². The highest BCUT2D eigenvalue weighted by atomic mass is 16.5. The molecule has 0 aromatic rings. The van der Waals surface area contributed by atoms with Crippen molar-refractivity contribution in [2.24, 2.45) is 5.92 Å². The molecule has 15 heavy (non-hydrogen) atoms. The molecule has 0 aliphatic heterocycles. The van der Waals surface area contributed by atoms with E-state index in [1.54, 1.807) is 0 Å². The summed E-state index contributed by atoms with van der Waals surface area (Å²) in [6, 6.07) is 0. The quantitative estimate of drug-likeness (QED) is 0.579. The Balaban J connectivity index is 3.45. The fourth-order valence-corrected chi connectivity index (χ4v) is 0.966. The molecule has 0 aliphatic rings. The second kappa shape index (κ2) is 7.17. The summed E-state index contributed by atoms with van der Waals surface area (Å²) in [6.45, 7) is 9.54. The van der Waals surface area contributed by atoms with Gasteiger partial charge in [0.2, 0.25) is 0 Å². The number of aliphatic hydroxyl groups excluding tert-OH is 2. The SMILES string of the molecule is CC(CO)CNCC(O)COC(C)(C)C. The number of hydrogen-bond acceptors (Lipinski definition) is 4. The molecule has 92 valence electrons. The largest absolute Gasteiger partial charge is 0.396 e. The van der Waals surface area contributed by atoms with Gasteiger partial charge in [0.25, 0.3) is 0 Å². The average Bonchev–Trinajstić information content (AvgIpc) is 2.13. The molecule has 0 fully saturated rings. The predicted molar refractivity (Wildman–Crippen MR) is 60.8 cm³/mol. The van der Waals surface area contributed by atoms with Crippen LogP contribution in [0.3, 0.4) is 0 Å². The van der Waals surface area contributed by atoms with E-state index < -0.39 is 6.10 Å². The van der Waals surface area contributed by atoms with Crippen LogP contribution in [0.15, 0.2) is 0 Å². The summed E-state index contributed by atoms with van der Waals surface area (Å²) < 4.78 is 5.44. The standard InChI is InChI=1S/C11H25NO3/c1-9(7-13)5-12-6-10(14)8-15-11(2,3)4/h9-10,12-14H,5-8H2,1-4H3. The van der Waals surface area contributed by atoms with Gasteiger partial charge >= 0.3 is 0 Å². The van der Waals surface area contributed by atoms with Crippen LogP contribution in [0.5, 0.6) is 0 Å². The third-order valence-electron chi connectivity index (χ3n) is 1.89. The molecule has 0 amide bonds. The van der Waals surface area contributed by atoms with E-state index in [1.165, 1.54) is 0 Å². The monoisotopic (exact) mass is 219 g/mol. The summed E-state index contributed by atoms with van der Waals surface area (Å²) >= 11 is 0. The normalized spacial score (nSPS) is 16.4. The molecule has 3 N–H and O–H groups in total. The Bertz CT molecular complexity index is 156. The Kier molecular flexibility index (Phi) is 7.09. The van der Waals surface area contributed by atoms with Gasteiger partial charge in [0.15, 0.2) is 0 Å². The first-order valence-electron chi connectivity index (χ1n) is 5.48. The van der Waals surface area contributed by atoms with Gasteiger partial charge in [0.05, 0.1) is 18.3 Å². The first kappa shape index (κ1) is 14.8. The molecule has 0 spiro atoms. The fraction of sp³-hybridized carbons (Fsp3) is 1.00. The minimum Gasteiger partial charge on any atom is -0.396 e. The Hall–Kier alpha value is -0.160. The van der Waals surface area contributed by atoms with Crippen molar-refractivity contribution in [1.82, 2.24) is 5.32 Å². The Labute approximate surface area is 92.6 Å². The Morgan fingerprint density at radius 3 is 2.33 bits per heavy atom. The van der Waals surface area contributed by atoms with Crippen molar-refractivity contribution in [2.75, 3.05) is 26.3 Å². The van der Waals surface area contributed by atoms with Crippen molar-refractivity contribution < 1.29 is 14.9 Å². The molecule has 0 bridgehead atoms. The van der Waals surface area contributed by atoms with Crippen molar-refractivity contribution >= 4 is 0 Å². The molecule has 0 aromatic carbocycles. The zero-order valence-corrected chi connectivity index (χ0v) is 10.3. The smallest absolute Gasteiger partial charge is 0.0897 e. The third kappa shape index (κ3) is 10.1. The molecule has 4 heteroatoms. The van der Waals surface area contributed by atoms with Gasteiger partial charge in [-0.2, -0.15) is 0 Å². The van der Waals surface area contributed by atoms with Crippen LogP contribution in [-0.4, -0.2) is 48.2 Å². The molecule has 0 radical (unpaired) electrons. The molecule has 4 nitrogen and oxygen atoms in total. The van der Waals surface area contributed by atoms with Crippen LogP contribution >= 0.6 is 0 Å². The van der Waals surface area contributed by atoms with Gasteiger partial charge in [-0.05, 0) is 33.2 Å².